The Kier molecular flexibility index (Phi) is 4.63. The first-order valence-corrected chi connectivity index (χ1v) is 9.55. The van der Waals surface area contributed by atoms with Gasteiger partial charge in [0, 0.05) is 43.3 Å². The van der Waals surface area contributed by atoms with E-state index in [-0.39, 0.29) is 0 Å². The fourth-order valence-corrected chi connectivity index (χ4v) is 4.32. The zero-order valence-corrected chi connectivity index (χ0v) is 15.5. The standard InChI is InChI=1S/C17H23N7S/c1-13-15(25-12-18-13)10-23-7-3-5-14(9-23)17-21-20-16(22(17)2)11-24-8-4-6-19-24/h4,6,8,12,14H,3,5,7,9-11H2,1-2H3/t14-/m0/s1. The summed E-state index contributed by atoms with van der Waals surface area (Å²) in [5, 5.41) is 13.2. The number of aromatic nitrogens is 6. The van der Waals surface area contributed by atoms with Crippen LogP contribution in [0.2, 0.25) is 0 Å². The Hall–Kier alpha value is -2.06. The van der Waals surface area contributed by atoms with Crippen molar-refractivity contribution in [1.29, 1.82) is 0 Å². The van der Waals surface area contributed by atoms with Crippen molar-refractivity contribution in [2.45, 2.75) is 38.8 Å². The largest absolute Gasteiger partial charge is 0.316 e. The van der Waals surface area contributed by atoms with Crippen LogP contribution in [0, 0.1) is 6.92 Å². The Morgan fingerprint density at radius 3 is 2.96 bits per heavy atom. The van der Waals surface area contributed by atoms with Crippen LogP contribution in [-0.4, -0.2) is 47.5 Å². The minimum absolute atomic E-state index is 0.436. The Bertz CT molecular complexity index is 820. The molecule has 0 aliphatic carbocycles. The van der Waals surface area contributed by atoms with Gasteiger partial charge in [-0.15, -0.1) is 21.5 Å². The van der Waals surface area contributed by atoms with Gasteiger partial charge in [-0.2, -0.15) is 5.10 Å². The summed E-state index contributed by atoms with van der Waals surface area (Å²) in [6, 6.07) is 1.93. The minimum Gasteiger partial charge on any atom is -0.316 e. The van der Waals surface area contributed by atoms with Gasteiger partial charge < -0.3 is 4.57 Å². The van der Waals surface area contributed by atoms with Gasteiger partial charge in [0.1, 0.15) is 12.4 Å². The molecule has 0 radical (unpaired) electrons. The fourth-order valence-electron chi connectivity index (χ4n) is 3.50. The number of aryl methyl sites for hydroxylation is 1. The van der Waals surface area contributed by atoms with Crippen LogP contribution in [-0.2, 0) is 20.1 Å². The van der Waals surface area contributed by atoms with Crippen LogP contribution in [0.15, 0.2) is 24.0 Å². The molecule has 4 rings (SSSR count). The first-order valence-electron chi connectivity index (χ1n) is 8.67. The van der Waals surface area contributed by atoms with Crippen LogP contribution in [0.3, 0.4) is 0 Å². The van der Waals surface area contributed by atoms with Crippen molar-refractivity contribution in [3.8, 4) is 0 Å². The molecule has 7 nitrogen and oxygen atoms in total. The molecule has 1 saturated heterocycles. The Morgan fingerprint density at radius 2 is 2.20 bits per heavy atom. The molecule has 0 amide bonds. The van der Waals surface area contributed by atoms with E-state index < -0.39 is 0 Å². The summed E-state index contributed by atoms with van der Waals surface area (Å²) in [4.78, 5) is 8.27. The third-order valence-corrected chi connectivity index (χ3v) is 5.86. The molecule has 0 aromatic carbocycles. The highest BCUT2D eigenvalue weighted by atomic mass is 32.1. The molecular formula is C17H23N7S. The summed E-state index contributed by atoms with van der Waals surface area (Å²) in [7, 11) is 2.07. The van der Waals surface area contributed by atoms with Crippen LogP contribution in [0.1, 0.15) is 41.0 Å². The van der Waals surface area contributed by atoms with Crippen molar-refractivity contribution < 1.29 is 0 Å². The van der Waals surface area contributed by atoms with E-state index in [0.29, 0.717) is 12.5 Å². The fraction of sp³-hybridized carbons (Fsp3) is 0.529. The highest BCUT2D eigenvalue weighted by Gasteiger charge is 2.26. The first-order chi connectivity index (χ1) is 12.2. The summed E-state index contributed by atoms with van der Waals surface area (Å²) in [5.74, 6) is 2.48. The molecule has 1 aliphatic heterocycles. The SMILES string of the molecule is Cc1ncsc1CN1CCC[C@H](c2nnc(Cn3cccn3)n2C)C1. The van der Waals surface area contributed by atoms with Crippen LogP contribution in [0.4, 0.5) is 0 Å². The molecule has 4 heterocycles. The van der Waals surface area contributed by atoms with Gasteiger partial charge in [0.15, 0.2) is 5.82 Å². The quantitative estimate of drug-likeness (QED) is 0.700. The van der Waals surface area contributed by atoms with Gasteiger partial charge in [-0.05, 0) is 32.4 Å². The van der Waals surface area contributed by atoms with Crippen molar-refractivity contribution in [3.05, 3.63) is 46.2 Å². The highest BCUT2D eigenvalue weighted by molar-refractivity contribution is 7.09. The number of hydrogen-bond acceptors (Lipinski definition) is 6. The molecule has 0 spiro atoms. The van der Waals surface area contributed by atoms with Crippen LogP contribution >= 0.6 is 11.3 Å². The van der Waals surface area contributed by atoms with E-state index in [2.05, 4.69) is 43.7 Å². The normalized spacial score (nSPS) is 18.7. The lowest BCUT2D eigenvalue weighted by molar-refractivity contribution is 0.196. The molecule has 0 unspecified atom stereocenters. The summed E-state index contributed by atoms with van der Waals surface area (Å²) in [5.41, 5.74) is 3.10. The van der Waals surface area contributed by atoms with Gasteiger partial charge in [-0.3, -0.25) is 9.58 Å². The molecule has 1 fully saturated rings. The van der Waals surface area contributed by atoms with Crippen molar-refractivity contribution in [1.82, 2.24) is 34.4 Å². The topological polar surface area (TPSA) is 64.7 Å². The number of thiazole rings is 1. The lowest BCUT2D eigenvalue weighted by Gasteiger charge is -2.31. The average molecular weight is 357 g/mol. The molecule has 25 heavy (non-hydrogen) atoms. The molecule has 0 N–H and O–H groups in total. The van der Waals surface area contributed by atoms with E-state index in [1.165, 1.54) is 17.7 Å². The van der Waals surface area contributed by atoms with E-state index in [0.717, 1.165) is 37.0 Å². The smallest absolute Gasteiger partial charge is 0.154 e. The molecule has 0 saturated carbocycles. The molecule has 3 aromatic heterocycles. The minimum atomic E-state index is 0.436. The predicted molar refractivity (Wildman–Crippen MR) is 96.4 cm³/mol. The zero-order chi connectivity index (χ0) is 17.2. The van der Waals surface area contributed by atoms with Crippen molar-refractivity contribution in [3.63, 3.8) is 0 Å². The van der Waals surface area contributed by atoms with E-state index in [1.807, 2.05) is 22.5 Å². The second-order valence-electron chi connectivity index (χ2n) is 6.67. The van der Waals surface area contributed by atoms with Gasteiger partial charge in [0.25, 0.3) is 0 Å². The van der Waals surface area contributed by atoms with Crippen LogP contribution < -0.4 is 0 Å². The molecule has 1 atom stereocenters. The van der Waals surface area contributed by atoms with Gasteiger partial charge >= 0.3 is 0 Å². The number of likely N-dealkylation sites (tertiary alicyclic amines) is 1. The maximum Gasteiger partial charge on any atom is 0.154 e. The second-order valence-corrected chi connectivity index (χ2v) is 7.61. The maximum atomic E-state index is 4.50. The Morgan fingerprint density at radius 1 is 1.28 bits per heavy atom. The van der Waals surface area contributed by atoms with Gasteiger partial charge in [-0.25, -0.2) is 4.98 Å². The van der Waals surface area contributed by atoms with Gasteiger partial charge in [-0.1, -0.05) is 0 Å². The first kappa shape index (κ1) is 16.4. The number of piperidine rings is 1. The predicted octanol–water partition coefficient (Wildman–Crippen LogP) is 2.20. The number of hydrogen-bond donors (Lipinski definition) is 0. The van der Waals surface area contributed by atoms with Gasteiger partial charge in [0.05, 0.1) is 11.2 Å². The van der Waals surface area contributed by atoms with E-state index in [9.17, 15) is 0 Å². The lowest BCUT2D eigenvalue weighted by Crippen LogP contribution is -2.34. The van der Waals surface area contributed by atoms with E-state index in [1.54, 1.807) is 17.5 Å². The molecule has 0 bridgehead atoms. The Labute approximate surface area is 151 Å². The summed E-state index contributed by atoms with van der Waals surface area (Å²) in [6.07, 6.45) is 6.11. The van der Waals surface area contributed by atoms with Crippen molar-refractivity contribution >= 4 is 11.3 Å². The van der Waals surface area contributed by atoms with E-state index >= 15 is 0 Å². The van der Waals surface area contributed by atoms with E-state index in [4.69, 9.17) is 0 Å². The average Bonchev–Trinajstić information content (AvgIpc) is 3.33. The van der Waals surface area contributed by atoms with Crippen LogP contribution in [0.5, 0.6) is 0 Å². The second kappa shape index (κ2) is 7.05. The molecule has 8 heteroatoms. The van der Waals surface area contributed by atoms with Gasteiger partial charge in [0.2, 0.25) is 0 Å². The molecule has 132 valence electrons. The van der Waals surface area contributed by atoms with Crippen molar-refractivity contribution in [2.24, 2.45) is 7.05 Å². The monoisotopic (exact) mass is 357 g/mol. The summed E-state index contributed by atoms with van der Waals surface area (Å²) < 4.78 is 4.03. The molecule has 3 aromatic rings. The lowest BCUT2D eigenvalue weighted by atomic mass is 9.97. The summed E-state index contributed by atoms with van der Waals surface area (Å²) in [6.45, 7) is 5.92. The Balaban J connectivity index is 1.46. The highest BCUT2D eigenvalue weighted by Crippen LogP contribution is 2.27. The number of rotatable bonds is 5. The summed E-state index contributed by atoms with van der Waals surface area (Å²) >= 11 is 1.75. The number of nitrogens with zero attached hydrogens (tertiary/aromatic N) is 7. The molecular weight excluding hydrogens is 334 g/mol. The zero-order valence-electron chi connectivity index (χ0n) is 14.7. The van der Waals surface area contributed by atoms with Crippen LogP contribution in [0.25, 0.3) is 0 Å². The third-order valence-electron chi connectivity index (χ3n) is 4.94. The molecule has 1 aliphatic rings. The van der Waals surface area contributed by atoms with Crippen molar-refractivity contribution in [2.75, 3.05) is 13.1 Å². The maximum absolute atomic E-state index is 4.50. The third kappa shape index (κ3) is 3.50.